The average molecular weight is 906 g/mol. The molecule has 0 bridgehead atoms. The van der Waals surface area contributed by atoms with Gasteiger partial charge in [0, 0.05) is 19.3 Å². The van der Waals surface area contributed by atoms with Crippen molar-refractivity contribution in [3.63, 3.8) is 0 Å². The zero-order valence-corrected chi connectivity index (χ0v) is 43.9. The highest BCUT2D eigenvalue weighted by atomic mass is 16.6. The Balaban J connectivity index is 4.22. The molecule has 0 unspecified atom stereocenters. The van der Waals surface area contributed by atoms with Gasteiger partial charge in [-0.05, 0) is 31.1 Å². The van der Waals surface area contributed by atoms with Crippen LogP contribution in [0.2, 0.25) is 0 Å². The first-order chi connectivity index (χ1) is 31.2. The minimum absolute atomic E-state index is 0.0629. The molecule has 6 heteroatoms. The summed E-state index contributed by atoms with van der Waals surface area (Å²) in [5.74, 6) is 0.850. The van der Waals surface area contributed by atoms with Crippen LogP contribution < -0.4 is 0 Å². The van der Waals surface area contributed by atoms with Crippen molar-refractivity contribution in [3.05, 3.63) is 0 Å². The number of rotatable bonds is 52. The second kappa shape index (κ2) is 50.8. The summed E-state index contributed by atoms with van der Waals surface area (Å²) in [7, 11) is 0. The molecule has 6 nitrogen and oxygen atoms in total. The molecule has 0 amide bonds. The van der Waals surface area contributed by atoms with Crippen LogP contribution in [0.5, 0.6) is 0 Å². The molecule has 0 fully saturated rings. The lowest BCUT2D eigenvalue weighted by atomic mass is 10.0. The first-order valence-corrected chi connectivity index (χ1v) is 28.7. The van der Waals surface area contributed by atoms with Gasteiger partial charge in [0.15, 0.2) is 6.10 Å². The Kier molecular flexibility index (Phi) is 49.6. The summed E-state index contributed by atoms with van der Waals surface area (Å²) >= 11 is 0. The van der Waals surface area contributed by atoms with Gasteiger partial charge in [0.2, 0.25) is 0 Å². The van der Waals surface area contributed by atoms with Gasteiger partial charge in [0.1, 0.15) is 13.2 Å². The Labute approximate surface area is 399 Å². The highest BCUT2D eigenvalue weighted by Crippen LogP contribution is 2.18. The van der Waals surface area contributed by atoms with Gasteiger partial charge in [0.05, 0.1) is 0 Å². The molecule has 64 heavy (non-hydrogen) atoms. The minimum atomic E-state index is -0.762. The Morgan fingerprint density at radius 2 is 0.516 bits per heavy atom. The number of ether oxygens (including phenoxy) is 3. The first-order valence-electron chi connectivity index (χ1n) is 28.7. The molecule has 0 aromatic carbocycles. The lowest BCUT2D eigenvalue weighted by Gasteiger charge is -2.18. The van der Waals surface area contributed by atoms with Crippen LogP contribution in [0.15, 0.2) is 0 Å². The van der Waals surface area contributed by atoms with Gasteiger partial charge >= 0.3 is 17.9 Å². The molecule has 0 aromatic rings. The number of hydrogen-bond acceptors (Lipinski definition) is 6. The Morgan fingerprint density at radius 3 is 0.766 bits per heavy atom. The molecular weight excluding hydrogens is 793 g/mol. The molecule has 0 aliphatic rings. The van der Waals surface area contributed by atoms with Crippen molar-refractivity contribution in [3.8, 4) is 0 Å². The molecule has 0 heterocycles. The summed E-state index contributed by atoms with van der Waals surface area (Å²) in [6, 6.07) is 0. The quantitative estimate of drug-likeness (QED) is 0.0344. The van der Waals surface area contributed by atoms with Crippen LogP contribution in [-0.2, 0) is 28.6 Å². The highest BCUT2D eigenvalue weighted by molar-refractivity contribution is 5.71. The predicted molar refractivity (Wildman–Crippen MR) is 275 cm³/mol. The highest BCUT2D eigenvalue weighted by Gasteiger charge is 2.19. The van der Waals surface area contributed by atoms with Gasteiger partial charge in [-0.2, -0.15) is 0 Å². The smallest absolute Gasteiger partial charge is 0.306 e. The van der Waals surface area contributed by atoms with E-state index in [2.05, 4.69) is 34.6 Å². The number of carbonyl (C=O) groups is 3. The van der Waals surface area contributed by atoms with Gasteiger partial charge in [-0.15, -0.1) is 0 Å². The Bertz CT molecular complexity index is 978. The van der Waals surface area contributed by atoms with Crippen LogP contribution in [0.1, 0.15) is 324 Å². The van der Waals surface area contributed by atoms with Crippen molar-refractivity contribution >= 4 is 17.9 Å². The lowest BCUT2D eigenvalue weighted by molar-refractivity contribution is -0.167. The van der Waals surface area contributed by atoms with E-state index in [1.807, 2.05) is 0 Å². The maximum absolute atomic E-state index is 12.8. The zero-order valence-electron chi connectivity index (χ0n) is 43.9. The van der Waals surface area contributed by atoms with E-state index in [-0.39, 0.29) is 31.1 Å². The van der Waals surface area contributed by atoms with Crippen LogP contribution in [-0.4, -0.2) is 37.2 Å². The van der Waals surface area contributed by atoms with Crippen molar-refractivity contribution in [2.45, 2.75) is 330 Å². The SMILES string of the molecule is CCCCCCCCCCCCC(=O)OC[C@H](COC(=O)CCCCCCCCCCCCCCC(C)C)OC(=O)CCCCCCCCCCCCCCCCCCCCC(C)C. The molecular formula is C58H112O6. The molecule has 0 aliphatic carbocycles. The number of hydrogen-bond donors (Lipinski definition) is 0. The third kappa shape index (κ3) is 51.4. The van der Waals surface area contributed by atoms with Crippen molar-refractivity contribution in [1.82, 2.24) is 0 Å². The van der Waals surface area contributed by atoms with Crippen molar-refractivity contribution in [2.24, 2.45) is 11.8 Å². The van der Waals surface area contributed by atoms with Crippen LogP contribution >= 0.6 is 0 Å². The topological polar surface area (TPSA) is 78.9 Å². The standard InChI is InChI=1S/C58H112O6/c1-6-7-8-9-10-11-28-33-38-43-48-56(59)62-51-55(52-63-57(60)49-44-39-34-29-24-21-20-23-27-32-37-42-47-54(4)5)64-58(61)50-45-40-35-30-25-19-17-15-13-12-14-16-18-22-26-31-36-41-46-53(2)3/h53-55H,6-52H2,1-5H3/t55-/m1/s1. The van der Waals surface area contributed by atoms with Crippen LogP contribution in [0.3, 0.4) is 0 Å². The fourth-order valence-corrected chi connectivity index (χ4v) is 8.87. The van der Waals surface area contributed by atoms with E-state index in [0.717, 1.165) is 69.6 Å². The van der Waals surface area contributed by atoms with Gasteiger partial charge in [-0.1, -0.05) is 285 Å². The molecule has 1 atom stereocenters. The van der Waals surface area contributed by atoms with E-state index in [0.29, 0.717) is 19.3 Å². The molecule has 0 radical (unpaired) electrons. The zero-order chi connectivity index (χ0) is 46.8. The van der Waals surface area contributed by atoms with Gasteiger partial charge in [-0.3, -0.25) is 14.4 Å². The summed E-state index contributed by atoms with van der Waals surface area (Å²) in [6.07, 6.45) is 53.8. The normalized spacial score (nSPS) is 12.0. The largest absolute Gasteiger partial charge is 0.462 e. The third-order valence-corrected chi connectivity index (χ3v) is 13.2. The van der Waals surface area contributed by atoms with Gasteiger partial charge < -0.3 is 14.2 Å². The third-order valence-electron chi connectivity index (χ3n) is 13.2. The first kappa shape index (κ1) is 62.4. The summed E-state index contributed by atoms with van der Waals surface area (Å²) in [4.78, 5) is 38.0. The molecule has 0 saturated carbocycles. The summed E-state index contributed by atoms with van der Waals surface area (Å²) in [6.45, 7) is 11.4. The lowest BCUT2D eigenvalue weighted by Crippen LogP contribution is -2.30. The maximum atomic E-state index is 12.8. The fraction of sp³-hybridized carbons (Fsp3) is 0.948. The van der Waals surface area contributed by atoms with E-state index in [4.69, 9.17) is 14.2 Å². The number of carbonyl (C=O) groups excluding carboxylic acids is 3. The minimum Gasteiger partial charge on any atom is -0.462 e. The Hall–Kier alpha value is -1.59. The van der Waals surface area contributed by atoms with Crippen molar-refractivity contribution in [2.75, 3.05) is 13.2 Å². The predicted octanol–water partition coefficient (Wildman–Crippen LogP) is 18.9. The van der Waals surface area contributed by atoms with E-state index < -0.39 is 6.10 Å². The van der Waals surface area contributed by atoms with Crippen LogP contribution in [0.4, 0.5) is 0 Å². The van der Waals surface area contributed by atoms with E-state index in [1.54, 1.807) is 0 Å². The van der Waals surface area contributed by atoms with Crippen LogP contribution in [0.25, 0.3) is 0 Å². The average Bonchev–Trinajstić information content (AvgIpc) is 3.27. The second-order valence-corrected chi connectivity index (χ2v) is 20.9. The van der Waals surface area contributed by atoms with Crippen molar-refractivity contribution in [1.29, 1.82) is 0 Å². The molecule has 0 rings (SSSR count). The fourth-order valence-electron chi connectivity index (χ4n) is 8.87. The Morgan fingerprint density at radius 1 is 0.297 bits per heavy atom. The summed E-state index contributed by atoms with van der Waals surface area (Å²) in [5.41, 5.74) is 0. The summed E-state index contributed by atoms with van der Waals surface area (Å²) in [5, 5.41) is 0. The molecule has 0 N–H and O–H groups in total. The van der Waals surface area contributed by atoms with Crippen LogP contribution in [0, 0.1) is 11.8 Å². The summed E-state index contributed by atoms with van der Waals surface area (Å²) < 4.78 is 16.9. The number of unbranched alkanes of at least 4 members (excludes halogenated alkanes) is 37. The molecule has 380 valence electrons. The number of esters is 3. The second-order valence-electron chi connectivity index (χ2n) is 20.9. The molecule has 0 aliphatic heterocycles. The molecule has 0 saturated heterocycles. The van der Waals surface area contributed by atoms with Crippen molar-refractivity contribution < 1.29 is 28.6 Å². The molecule has 0 aromatic heterocycles. The van der Waals surface area contributed by atoms with Gasteiger partial charge in [0.25, 0.3) is 0 Å². The van der Waals surface area contributed by atoms with E-state index >= 15 is 0 Å². The van der Waals surface area contributed by atoms with E-state index in [1.165, 1.54) is 212 Å². The van der Waals surface area contributed by atoms with Gasteiger partial charge in [-0.25, -0.2) is 0 Å². The molecule has 0 spiro atoms. The van der Waals surface area contributed by atoms with E-state index in [9.17, 15) is 14.4 Å². The maximum Gasteiger partial charge on any atom is 0.306 e. The monoisotopic (exact) mass is 905 g/mol.